The zero-order chi connectivity index (χ0) is 23.9. The summed E-state index contributed by atoms with van der Waals surface area (Å²) in [5.74, 6) is -1.98. The molecule has 0 atom stereocenters. The number of benzene rings is 2. The molecule has 0 aliphatic rings. The van der Waals surface area contributed by atoms with Crippen molar-refractivity contribution in [2.24, 2.45) is 0 Å². The smallest absolute Gasteiger partial charge is 0.347 e. The molecule has 0 fully saturated rings. The molecular weight excluding hydrogens is 431 g/mol. The number of carbonyl (C=O) groups is 2. The normalized spacial score (nSPS) is 11.2. The van der Waals surface area contributed by atoms with E-state index in [-0.39, 0.29) is 5.56 Å². The van der Waals surface area contributed by atoms with Gasteiger partial charge in [-0.15, -0.1) is 0 Å². The van der Waals surface area contributed by atoms with Crippen LogP contribution in [0.1, 0.15) is 11.1 Å². The molecule has 2 amide bonds. The number of nitriles is 1. The Morgan fingerprint density at radius 1 is 1.16 bits per heavy atom. The molecule has 2 rings (SSSR count). The molecule has 0 aromatic heterocycles. The van der Waals surface area contributed by atoms with E-state index in [1.807, 2.05) is 0 Å². The largest absolute Gasteiger partial charge is 0.416 e. The third kappa shape index (κ3) is 6.49. The van der Waals surface area contributed by atoms with Crippen molar-refractivity contribution >= 4 is 28.9 Å². The van der Waals surface area contributed by atoms with Crippen LogP contribution < -0.4 is 10.6 Å². The Morgan fingerprint density at radius 2 is 1.81 bits per heavy atom. The second kappa shape index (κ2) is 9.98. The Hall–Kier alpha value is -4.53. The van der Waals surface area contributed by atoms with E-state index in [9.17, 15) is 32.9 Å². The Bertz CT molecular complexity index is 1140. The number of halogens is 3. The Balaban J connectivity index is 2.11. The van der Waals surface area contributed by atoms with Gasteiger partial charge in [0.15, 0.2) is 0 Å². The van der Waals surface area contributed by atoms with Crippen molar-refractivity contribution in [3.05, 3.63) is 81.4 Å². The lowest BCUT2D eigenvalue weighted by molar-refractivity contribution is -0.385. The van der Waals surface area contributed by atoms with Crippen LogP contribution >= 0.6 is 0 Å². The monoisotopic (exact) mass is 445 g/mol. The highest BCUT2D eigenvalue weighted by Crippen LogP contribution is 2.32. The molecule has 0 spiro atoms. The SMILES string of the molecule is N#C/C(=C/C(=N)C(=O)NCc1cc([N+](=O)[O-])cc(C(F)(F)F)c1)C(=O)Nc1ccccc1. The standard InChI is InChI=1S/C20H14F3N5O4/c21-20(22,23)14-6-12(7-16(9-14)28(31)32)11-26-19(30)17(25)8-13(10-24)18(29)27-15-4-2-1-3-5-15/h1-9,25H,11H2,(H,26,30)(H,27,29)/b13-8-,25-17?. The van der Waals surface area contributed by atoms with Crippen molar-refractivity contribution in [3.63, 3.8) is 0 Å². The molecule has 0 unspecified atom stereocenters. The summed E-state index contributed by atoms with van der Waals surface area (Å²) < 4.78 is 38.8. The van der Waals surface area contributed by atoms with E-state index in [1.54, 1.807) is 36.4 Å². The number of nitrogens with zero attached hydrogens (tertiary/aromatic N) is 2. The number of alkyl halides is 3. The number of nitrogens with one attached hydrogen (secondary N) is 3. The molecule has 0 aliphatic carbocycles. The van der Waals surface area contributed by atoms with Crippen molar-refractivity contribution in [1.29, 1.82) is 10.7 Å². The van der Waals surface area contributed by atoms with Crippen molar-refractivity contribution in [2.75, 3.05) is 5.32 Å². The van der Waals surface area contributed by atoms with E-state index in [0.29, 0.717) is 23.9 Å². The number of non-ortho nitro benzene ring substituents is 1. The van der Waals surface area contributed by atoms with Gasteiger partial charge in [-0.05, 0) is 29.8 Å². The van der Waals surface area contributed by atoms with Crippen LogP contribution in [0.25, 0.3) is 0 Å². The Morgan fingerprint density at radius 3 is 2.38 bits per heavy atom. The first-order chi connectivity index (χ1) is 15.0. The van der Waals surface area contributed by atoms with Crippen LogP contribution in [0.5, 0.6) is 0 Å². The molecule has 3 N–H and O–H groups in total. The summed E-state index contributed by atoms with van der Waals surface area (Å²) in [5.41, 5.74) is -3.30. The fourth-order valence-electron chi connectivity index (χ4n) is 2.40. The first-order valence-corrected chi connectivity index (χ1v) is 8.71. The van der Waals surface area contributed by atoms with Crippen molar-refractivity contribution in [3.8, 4) is 6.07 Å². The number of rotatable bonds is 7. The van der Waals surface area contributed by atoms with Gasteiger partial charge in [0.05, 0.1) is 10.5 Å². The van der Waals surface area contributed by atoms with E-state index in [0.717, 1.165) is 6.07 Å². The number of carbonyl (C=O) groups excluding carboxylic acids is 2. The molecular formula is C20H14F3N5O4. The van der Waals surface area contributed by atoms with Crippen molar-refractivity contribution < 1.29 is 27.7 Å². The van der Waals surface area contributed by atoms with Gasteiger partial charge >= 0.3 is 6.18 Å². The summed E-state index contributed by atoms with van der Waals surface area (Å²) >= 11 is 0. The molecule has 0 saturated carbocycles. The molecule has 0 bridgehead atoms. The first kappa shape index (κ1) is 23.7. The zero-order valence-electron chi connectivity index (χ0n) is 16.1. The van der Waals surface area contributed by atoms with Crippen LogP contribution in [0.4, 0.5) is 24.5 Å². The van der Waals surface area contributed by atoms with E-state index in [2.05, 4.69) is 10.6 Å². The minimum Gasteiger partial charge on any atom is -0.347 e. The quantitative estimate of drug-likeness (QED) is 0.196. The lowest BCUT2D eigenvalue weighted by atomic mass is 10.1. The van der Waals surface area contributed by atoms with E-state index < -0.39 is 52.0 Å². The summed E-state index contributed by atoms with van der Waals surface area (Å²) in [6, 6.07) is 11.5. The third-order valence-electron chi connectivity index (χ3n) is 3.90. The second-order valence-corrected chi connectivity index (χ2v) is 6.23. The molecule has 2 aromatic carbocycles. The lowest BCUT2D eigenvalue weighted by Gasteiger charge is -2.10. The zero-order valence-corrected chi connectivity index (χ0v) is 16.1. The number of anilines is 1. The number of nitro benzene ring substituents is 1. The fourth-order valence-corrected chi connectivity index (χ4v) is 2.40. The Kier molecular flexibility index (Phi) is 7.41. The number of hydrogen-bond donors (Lipinski definition) is 3. The first-order valence-electron chi connectivity index (χ1n) is 8.71. The topological polar surface area (TPSA) is 149 Å². The van der Waals surface area contributed by atoms with Gasteiger partial charge in [-0.25, -0.2) is 0 Å². The minimum atomic E-state index is -4.84. The highest BCUT2D eigenvalue weighted by atomic mass is 19.4. The van der Waals surface area contributed by atoms with E-state index >= 15 is 0 Å². The van der Waals surface area contributed by atoms with Gasteiger partial charge in [-0.2, -0.15) is 18.4 Å². The van der Waals surface area contributed by atoms with E-state index in [4.69, 9.17) is 10.7 Å². The predicted octanol–water partition coefficient (Wildman–Crippen LogP) is 3.34. The molecule has 0 radical (unpaired) electrons. The van der Waals surface area contributed by atoms with Crippen LogP contribution in [-0.2, 0) is 22.3 Å². The fraction of sp³-hybridized carbons (Fsp3) is 0.100. The molecule has 0 aliphatic heterocycles. The summed E-state index contributed by atoms with van der Waals surface area (Å²) in [7, 11) is 0. The maximum atomic E-state index is 12.9. The molecule has 9 nitrogen and oxygen atoms in total. The summed E-state index contributed by atoms with van der Waals surface area (Å²) in [6.07, 6.45) is -4.14. The van der Waals surface area contributed by atoms with Crippen LogP contribution in [0.15, 0.2) is 60.2 Å². The average molecular weight is 445 g/mol. The number of para-hydroxylation sites is 1. The molecule has 32 heavy (non-hydrogen) atoms. The van der Waals surface area contributed by atoms with Crippen LogP contribution in [-0.4, -0.2) is 22.4 Å². The van der Waals surface area contributed by atoms with Crippen LogP contribution in [0, 0.1) is 26.9 Å². The summed E-state index contributed by atoms with van der Waals surface area (Å²) in [5, 5.41) is 32.2. The van der Waals surface area contributed by atoms with Gasteiger partial charge in [0.25, 0.3) is 17.5 Å². The number of hydrogen-bond acceptors (Lipinski definition) is 6. The molecule has 2 aromatic rings. The minimum absolute atomic E-state index is 0.223. The number of nitro groups is 1. The molecule has 0 heterocycles. The van der Waals surface area contributed by atoms with Crippen LogP contribution in [0.3, 0.4) is 0 Å². The maximum Gasteiger partial charge on any atom is 0.416 e. The molecule has 12 heteroatoms. The van der Waals surface area contributed by atoms with Crippen LogP contribution in [0.2, 0.25) is 0 Å². The van der Waals surface area contributed by atoms with Gasteiger partial charge in [0.2, 0.25) is 0 Å². The van der Waals surface area contributed by atoms with E-state index in [1.165, 1.54) is 0 Å². The van der Waals surface area contributed by atoms with Gasteiger partial charge in [0, 0.05) is 24.4 Å². The average Bonchev–Trinajstić information content (AvgIpc) is 2.75. The molecule has 0 saturated heterocycles. The second-order valence-electron chi connectivity index (χ2n) is 6.23. The lowest BCUT2D eigenvalue weighted by Crippen LogP contribution is -2.30. The van der Waals surface area contributed by atoms with Gasteiger partial charge in [-0.3, -0.25) is 25.1 Å². The van der Waals surface area contributed by atoms with Gasteiger partial charge < -0.3 is 10.6 Å². The van der Waals surface area contributed by atoms with Gasteiger partial charge in [0.1, 0.15) is 17.4 Å². The molecule has 164 valence electrons. The highest BCUT2D eigenvalue weighted by molar-refractivity contribution is 6.43. The van der Waals surface area contributed by atoms with Crippen molar-refractivity contribution in [2.45, 2.75) is 12.7 Å². The number of amides is 2. The summed E-state index contributed by atoms with van der Waals surface area (Å²) in [6.45, 7) is -0.558. The summed E-state index contributed by atoms with van der Waals surface area (Å²) in [4.78, 5) is 34.0. The predicted molar refractivity (Wildman–Crippen MR) is 106 cm³/mol. The maximum absolute atomic E-state index is 12.9. The van der Waals surface area contributed by atoms with Gasteiger partial charge in [-0.1, -0.05) is 18.2 Å². The third-order valence-corrected chi connectivity index (χ3v) is 3.90. The highest BCUT2D eigenvalue weighted by Gasteiger charge is 2.32. The Labute approximate surface area is 178 Å². The van der Waals surface area contributed by atoms with Crippen molar-refractivity contribution in [1.82, 2.24) is 5.32 Å².